The molecule has 0 bridgehead atoms. The quantitative estimate of drug-likeness (QED) is 0.437. The summed E-state index contributed by atoms with van der Waals surface area (Å²) in [6, 6.07) is 14.7. The van der Waals surface area contributed by atoms with Gasteiger partial charge in [-0.2, -0.15) is 0 Å². The first-order valence-corrected chi connectivity index (χ1v) is 11.3. The molecule has 180 valence electrons. The van der Waals surface area contributed by atoms with E-state index in [1.165, 1.54) is 48.5 Å². The number of aromatic carboxylic acids is 1. The standard InChI is InChI=1S/C23H20F3NO6S/c1-3-27(34(30,31)20-13-4-15(2)21(14-20)22(28)29)16-5-7-17(8-6-16)32-18-9-11-19(12-10-18)33-23(24,25)26/h4-14H,3H2,1-2H3,(H,28,29). The maximum Gasteiger partial charge on any atom is 0.573 e. The Balaban J connectivity index is 1.80. The van der Waals surface area contributed by atoms with E-state index in [2.05, 4.69) is 4.74 Å². The number of nitrogens with zero attached hydrogens (tertiary/aromatic N) is 1. The normalized spacial score (nSPS) is 11.7. The number of hydrogen-bond acceptors (Lipinski definition) is 5. The van der Waals surface area contributed by atoms with Crippen molar-refractivity contribution in [1.82, 2.24) is 0 Å². The van der Waals surface area contributed by atoms with E-state index in [4.69, 9.17) is 4.74 Å². The van der Waals surface area contributed by atoms with E-state index in [1.54, 1.807) is 13.8 Å². The number of sulfonamides is 1. The summed E-state index contributed by atoms with van der Waals surface area (Å²) in [7, 11) is -4.05. The van der Waals surface area contributed by atoms with Crippen LogP contribution in [0.3, 0.4) is 0 Å². The van der Waals surface area contributed by atoms with Gasteiger partial charge < -0.3 is 14.6 Å². The number of carboxylic acids is 1. The van der Waals surface area contributed by atoms with E-state index in [0.717, 1.165) is 22.5 Å². The summed E-state index contributed by atoms with van der Waals surface area (Å²) in [5, 5.41) is 9.31. The number of aryl methyl sites for hydroxylation is 1. The highest BCUT2D eigenvalue weighted by Crippen LogP contribution is 2.30. The largest absolute Gasteiger partial charge is 0.573 e. The fraction of sp³-hybridized carbons (Fsp3) is 0.174. The van der Waals surface area contributed by atoms with Crippen LogP contribution in [0, 0.1) is 6.92 Å². The molecule has 0 unspecified atom stereocenters. The Labute approximate surface area is 194 Å². The van der Waals surface area contributed by atoms with Crippen LogP contribution in [0.2, 0.25) is 0 Å². The molecule has 0 aliphatic carbocycles. The zero-order valence-electron chi connectivity index (χ0n) is 18.0. The summed E-state index contributed by atoms with van der Waals surface area (Å²) >= 11 is 0. The summed E-state index contributed by atoms with van der Waals surface area (Å²) in [6.07, 6.45) is -4.79. The van der Waals surface area contributed by atoms with E-state index in [1.807, 2.05) is 0 Å². The topological polar surface area (TPSA) is 93.1 Å². The third-order valence-electron chi connectivity index (χ3n) is 4.73. The maximum atomic E-state index is 13.2. The van der Waals surface area contributed by atoms with Crippen LogP contribution in [0.4, 0.5) is 18.9 Å². The van der Waals surface area contributed by atoms with Gasteiger partial charge in [0.1, 0.15) is 17.2 Å². The van der Waals surface area contributed by atoms with Crippen molar-refractivity contribution in [1.29, 1.82) is 0 Å². The minimum atomic E-state index is -4.79. The summed E-state index contributed by atoms with van der Waals surface area (Å²) in [6.45, 7) is 3.30. The lowest BCUT2D eigenvalue weighted by molar-refractivity contribution is -0.274. The van der Waals surface area contributed by atoms with Crippen molar-refractivity contribution in [3.63, 3.8) is 0 Å². The van der Waals surface area contributed by atoms with Crippen molar-refractivity contribution >= 4 is 21.7 Å². The second-order valence-electron chi connectivity index (χ2n) is 7.07. The van der Waals surface area contributed by atoms with E-state index in [-0.39, 0.29) is 28.5 Å². The second kappa shape index (κ2) is 9.64. The van der Waals surface area contributed by atoms with E-state index in [9.17, 15) is 31.5 Å². The Morgan fingerprint density at radius 1 is 0.941 bits per heavy atom. The maximum absolute atomic E-state index is 13.2. The lowest BCUT2D eigenvalue weighted by atomic mass is 10.1. The van der Waals surface area contributed by atoms with E-state index in [0.29, 0.717) is 17.0 Å². The van der Waals surface area contributed by atoms with E-state index < -0.39 is 22.4 Å². The van der Waals surface area contributed by atoms with E-state index >= 15 is 0 Å². The lowest BCUT2D eigenvalue weighted by Gasteiger charge is -2.23. The Morgan fingerprint density at radius 3 is 1.97 bits per heavy atom. The van der Waals surface area contributed by atoms with Crippen LogP contribution in [0.25, 0.3) is 0 Å². The van der Waals surface area contributed by atoms with Gasteiger partial charge in [0, 0.05) is 6.54 Å². The molecule has 0 amide bonds. The second-order valence-corrected chi connectivity index (χ2v) is 8.93. The number of benzene rings is 3. The van der Waals surface area contributed by atoms with Crippen molar-refractivity contribution in [2.75, 3.05) is 10.8 Å². The van der Waals surface area contributed by atoms with Crippen LogP contribution >= 0.6 is 0 Å². The SMILES string of the molecule is CCN(c1ccc(Oc2ccc(OC(F)(F)F)cc2)cc1)S(=O)(=O)c1ccc(C)c(C(=O)O)c1. The molecule has 7 nitrogen and oxygen atoms in total. The molecule has 0 radical (unpaired) electrons. The minimum absolute atomic E-state index is 0.0828. The molecule has 11 heteroatoms. The molecule has 1 N–H and O–H groups in total. The fourth-order valence-corrected chi connectivity index (χ4v) is 4.64. The lowest BCUT2D eigenvalue weighted by Crippen LogP contribution is -2.31. The monoisotopic (exact) mass is 495 g/mol. The molecule has 0 saturated heterocycles. The summed E-state index contributed by atoms with van der Waals surface area (Å²) < 4.78 is 73.6. The van der Waals surface area contributed by atoms with Gasteiger partial charge in [0.25, 0.3) is 10.0 Å². The van der Waals surface area contributed by atoms with Crippen molar-refractivity contribution in [3.8, 4) is 17.2 Å². The molecule has 0 fully saturated rings. The average Bonchev–Trinajstić information content (AvgIpc) is 2.75. The highest BCUT2D eigenvalue weighted by Gasteiger charge is 2.31. The highest BCUT2D eigenvalue weighted by atomic mass is 32.2. The molecule has 0 aromatic heterocycles. The Kier molecular flexibility index (Phi) is 7.06. The number of ether oxygens (including phenoxy) is 2. The number of carboxylic acid groups (broad SMARTS) is 1. The molecule has 3 aromatic carbocycles. The first kappa shape index (κ1) is 24.9. The van der Waals surface area contributed by atoms with Gasteiger partial charge in [0.15, 0.2) is 0 Å². The summed E-state index contributed by atoms with van der Waals surface area (Å²) in [5.41, 5.74) is 0.655. The Morgan fingerprint density at radius 2 is 1.47 bits per heavy atom. The van der Waals surface area contributed by atoms with Crippen LogP contribution in [0.1, 0.15) is 22.8 Å². The van der Waals surface area contributed by atoms with Crippen LogP contribution in [0.5, 0.6) is 17.2 Å². The summed E-state index contributed by atoms with van der Waals surface area (Å²) in [5.74, 6) is -1.04. The van der Waals surface area contributed by atoms with Gasteiger partial charge in [-0.1, -0.05) is 6.07 Å². The molecule has 0 heterocycles. The molecule has 0 aliphatic heterocycles. The van der Waals surface area contributed by atoms with Gasteiger partial charge in [-0.15, -0.1) is 13.2 Å². The van der Waals surface area contributed by atoms with Crippen molar-refractivity contribution in [2.24, 2.45) is 0 Å². The molecule has 0 saturated carbocycles. The number of anilines is 1. The fourth-order valence-electron chi connectivity index (χ4n) is 3.14. The Bertz CT molecular complexity index is 1270. The zero-order chi connectivity index (χ0) is 25.1. The van der Waals surface area contributed by atoms with Crippen LogP contribution < -0.4 is 13.8 Å². The van der Waals surface area contributed by atoms with Gasteiger partial charge in [-0.25, -0.2) is 13.2 Å². The van der Waals surface area contributed by atoms with Crippen molar-refractivity contribution in [3.05, 3.63) is 77.9 Å². The van der Waals surface area contributed by atoms with Crippen molar-refractivity contribution in [2.45, 2.75) is 25.1 Å². The molecular weight excluding hydrogens is 475 g/mol. The molecule has 34 heavy (non-hydrogen) atoms. The van der Waals surface area contributed by atoms with Crippen LogP contribution in [-0.2, 0) is 10.0 Å². The summed E-state index contributed by atoms with van der Waals surface area (Å²) in [4.78, 5) is 11.2. The average molecular weight is 495 g/mol. The number of halogens is 3. The van der Waals surface area contributed by atoms with Gasteiger partial charge in [0.2, 0.25) is 0 Å². The third kappa shape index (κ3) is 5.79. The molecule has 0 spiro atoms. The molecule has 3 aromatic rings. The molecule has 0 aliphatic rings. The van der Waals surface area contributed by atoms with Crippen LogP contribution in [0.15, 0.2) is 71.6 Å². The smallest absolute Gasteiger partial charge is 0.478 e. The van der Waals surface area contributed by atoms with Gasteiger partial charge in [-0.3, -0.25) is 4.31 Å². The predicted octanol–water partition coefficient (Wildman–Crippen LogP) is 5.60. The Hall–Kier alpha value is -3.73. The van der Waals surface area contributed by atoms with Crippen molar-refractivity contribution < 1.29 is 41.0 Å². The molecule has 0 atom stereocenters. The minimum Gasteiger partial charge on any atom is -0.478 e. The molecule has 3 rings (SSSR count). The predicted molar refractivity (Wildman–Crippen MR) is 118 cm³/mol. The van der Waals surface area contributed by atoms with Gasteiger partial charge in [-0.05, 0) is 80.1 Å². The number of carbonyl (C=O) groups is 1. The van der Waals surface area contributed by atoms with Crippen LogP contribution in [-0.4, -0.2) is 32.4 Å². The van der Waals surface area contributed by atoms with Gasteiger partial charge in [0.05, 0.1) is 16.1 Å². The zero-order valence-corrected chi connectivity index (χ0v) is 18.9. The third-order valence-corrected chi connectivity index (χ3v) is 6.63. The van der Waals surface area contributed by atoms with Gasteiger partial charge >= 0.3 is 12.3 Å². The number of rotatable bonds is 8. The number of alkyl halides is 3. The number of hydrogen-bond donors (Lipinski definition) is 1. The first-order valence-electron chi connectivity index (χ1n) is 9.91. The highest BCUT2D eigenvalue weighted by molar-refractivity contribution is 7.92. The molecular formula is C23H20F3NO6S. The first-order chi connectivity index (χ1) is 15.9.